The Morgan fingerprint density at radius 2 is 2.19 bits per heavy atom. The maximum absolute atomic E-state index is 12.2. The number of nitrogens with zero attached hydrogens (tertiary/aromatic N) is 3. The molecule has 3 N–H and O–H groups in total. The van der Waals surface area contributed by atoms with Crippen LogP contribution < -0.4 is 11.1 Å². The number of rotatable bonds is 4. The van der Waals surface area contributed by atoms with Gasteiger partial charge >= 0.3 is 0 Å². The number of amides is 1. The average Bonchev–Trinajstić information content (AvgIpc) is 2.91. The molecular weight excluding hydrogens is 270 g/mol. The largest absolute Gasteiger partial charge is 0.381 e. The Balaban J connectivity index is 1.57. The Morgan fingerprint density at radius 3 is 3.00 bits per heavy atom. The van der Waals surface area contributed by atoms with Crippen LogP contribution in [0.5, 0.6) is 0 Å². The van der Waals surface area contributed by atoms with E-state index in [1.165, 1.54) is 0 Å². The molecule has 1 aliphatic heterocycles. The van der Waals surface area contributed by atoms with E-state index >= 15 is 0 Å². The van der Waals surface area contributed by atoms with Gasteiger partial charge in [0.1, 0.15) is 5.82 Å². The van der Waals surface area contributed by atoms with Gasteiger partial charge in [-0.05, 0) is 25.0 Å². The number of nitrogens with one attached hydrogen (secondary N) is 1. The van der Waals surface area contributed by atoms with Gasteiger partial charge in [0.05, 0.1) is 5.54 Å². The molecular formula is C14H19N5O2. The molecule has 0 aromatic carbocycles. The number of ether oxygens (including phenoxy) is 1. The van der Waals surface area contributed by atoms with Gasteiger partial charge in [-0.1, -0.05) is 6.07 Å². The number of carbonyl (C=O) groups is 1. The first kappa shape index (κ1) is 14.0. The summed E-state index contributed by atoms with van der Waals surface area (Å²) < 4.78 is 7.16. The summed E-state index contributed by atoms with van der Waals surface area (Å²) in [6.45, 7) is 1.58. The highest BCUT2D eigenvalue weighted by Crippen LogP contribution is 2.17. The summed E-state index contributed by atoms with van der Waals surface area (Å²) in [5.74, 6) is 0.712. The fourth-order valence-electron chi connectivity index (χ4n) is 2.49. The number of aromatic nitrogens is 3. The highest BCUT2D eigenvalue weighted by Gasteiger charge is 2.35. The Kier molecular flexibility index (Phi) is 3.85. The van der Waals surface area contributed by atoms with Gasteiger partial charge in [-0.25, -0.2) is 0 Å². The summed E-state index contributed by atoms with van der Waals surface area (Å²) in [5, 5.41) is 11.1. The minimum atomic E-state index is -0.800. The van der Waals surface area contributed by atoms with Crippen molar-refractivity contribution in [2.24, 2.45) is 5.73 Å². The third-order valence-corrected chi connectivity index (χ3v) is 3.86. The van der Waals surface area contributed by atoms with Crippen molar-refractivity contribution in [1.82, 2.24) is 19.9 Å². The lowest BCUT2D eigenvalue weighted by atomic mass is 9.90. The molecule has 3 rings (SSSR count). The first-order valence-electron chi connectivity index (χ1n) is 7.13. The van der Waals surface area contributed by atoms with Crippen LogP contribution in [0.15, 0.2) is 24.4 Å². The van der Waals surface area contributed by atoms with Crippen molar-refractivity contribution >= 4 is 11.6 Å². The minimum Gasteiger partial charge on any atom is -0.381 e. The zero-order chi connectivity index (χ0) is 14.7. The topological polar surface area (TPSA) is 94.5 Å². The first-order chi connectivity index (χ1) is 10.2. The minimum absolute atomic E-state index is 0.111. The number of nitrogens with two attached hydrogens (primary N) is 1. The summed E-state index contributed by atoms with van der Waals surface area (Å²) in [5.41, 5.74) is 6.13. The molecule has 1 fully saturated rings. The predicted molar refractivity (Wildman–Crippen MR) is 76.7 cm³/mol. The van der Waals surface area contributed by atoms with Crippen molar-refractivity contribution < 1.29 is 9.53 Å². The number of hydrogen-bond acceptors (Lipinski definition) is 5. The van der Waals surface area contributed by atoms with E-state index in [1.54, 1.807) is 0 Å². The second kappa shape index (κ2) is 5.79. The van der Waals surface area contributed by atoms with Crippen molar-refractivity contribution in [3.63, 3.8) is 0 Å². The summed E-state index contributed by atoms with van der Waals surface area (Å²) in [7, 11) is 0. The smallest absolute Gasteiger partial charge is 0.240 e. The summed E-state index contributed by atoms with van der Waals surface area (Å²) in [4.78, 5) is 12.2. The van der Waals surface area contributed by atoms with Gasteiger partial charge in [0.25, 0.3) is 0 Å². The lowest BCUT2D eigenvalue weighted by Crippen LogP contribution is -2.57. The standard InChI is InChI=1S/C14H19N5O2/c15-14(5-9-21-10-6-14)13(20)16-7-4-12-18-17-11-3-1-2-8-19(11)12/h1-3,8H,4-7,9-10,15H2,(H,16,20). The molecule has 2 aromatic heterocycles. The van der Waals surface area contributed by atoms with Gasteiger partial charge in [-0.3, -0.25) is 9.20 Å². The van der Waals surface area contributed by atoms with Crippen molar-refractivity contribution in [2.75, 3.05) is 19.8 Å². The molecule has 1 amide bonds. The molecule has 112 valence electrons. The molecule has 0 aliphatic carbocycles. The molecule has 3 heterocycles. The van der Waals surface area contributed by atoms with Crippen molar-refractivity contribution in [2.45, 2.75) is 24.8 Å². The van der Waals surface area contributed by atoms with Crippen LogP contribution in [0.25, 0.3) is 5.65 Å². The summed E-state index contributed by atoms with van der Waals surface area (Å²) in [6, 6.07) is 5.74. The predicted octanol–water partition coefficient (Wildman–Crippen LogP) is -0.104. The lowest BCUT2D eigenvalue weighted by molar-refractivity contribution is -0.129. The van der Waals surface area contributed by atoms with Gasteiger partial charge in [-0.15, -0.1) is 10.2 Å². The van der Waals surface area contributed by atoms with Crippen LogP contribution in [0.2, 0.25) is 0 Å². The van der Waals surface area contributed by atoms with Gasteiger partial charge in [0.15, 0.2) is 5.65 Å². The second-order valence-corrected chi connectivity index (χ2v) is 5.32. The van der Waals surface area contributed by atoms with Crippen LogP contribution in [-0.4, -0.2) is 45.8 Å². The highest BCUT2D eigenvalue weighted by atomic mass is 16.5. The normalized spacial score (nSPS) is 17.8. The Morgan fingerprint density at radius 1 is 1.38 bits per heavy atom. The maximum Gasteiger partial charge on any atom is 0.240 e. The molecule has 1 aliphatic rings. The van der Waals surface area contributed by atoms with Gasteiger partial charge in [0, 0.05) is 32.4 Å². The summed E-state index contributed by atoms with van der Waals surface area (Å²) >= 11 is 0. The lowest BCUT2D eigenvalue weighted by Gasteiger charge is -2.31. The molecule has 0 bridgehead atoms. The molecule has 1 saturated heterocycles. The molecule has 0 spiro atoms. The van der Waals surface area contributed by atoms with E-state index < -0.39 is 5.54 Å². The van der Waals surface area contributed by atoms with Crippen molar-refractivity contribution in [1.29, 1.82) is 0 Å². The SMILES string of the molecule is NC1(C(=O)NCCc2nnc3ccccn23)CCOCC1. The van der Waals surface area contributed by atoms with E-state index in [0.717, 1.165) is 11.5 Å². The Labute approximate surface area is 122 Å². The van der Waals surface area contributed by atoms with Crippen LogP contribution >= 0.6 is 0 Å². The zero-order valence-electron chi connectivity index (χ0n) is 11.8. The van der Waals surface area contributed by atoms with Crippen LogP contribution in [0.4, 0.5) is 0 Å². The third kappa shape index (κ3) is 2.88. The summed E-state index contributed by atoms with van der Waals surface area (Å²) in [6.07, 6.45) is 3.65. The first-order valence-corrected chi connectivity index (χ1v) is 7.13. The van der Waals surface area contributed by atoms with Crippen LogP contribution in [0, 0.1) is 0 Å². The fraction of sp³-hybridized carbons (Fsp3) is 0.500. The van der Waals surface area contributed by atoms with Crippen LogP contribution in [-0.2, 0) is 16.0 Å². The van der Waals surface area contributed by atoms with E-state index in [4.69, 9.17) is 10.5 Å². The monoisotopic (exact) mass is 289 g/mol. The highest BCUT2D eigenvalue weighted by molar-refractivity contribution is 5.86. The van der Waals surface area contributed by atoms with E-state index in [0.29, 0.717) is 39.0 Å². The van der Waals surface area contributed by atoms with Crippen molar-refractivity contribution in [3.8, 4) is 0 Å². The van der Waals surface area contributed by atoms with Gasteiger partial charge in [0.2, 0.25) is 5.91 Å². The second-order valence-electron chi connectivity index (χ2n) is 5.32. The number of hydrogen-bond donors (Lipinski definition) is 2. The third-order valence-electron chi connectivity index (χ3n) is 3.86. The number of pyridine rings is 1. The van der Waals surface area contributed by atoms with Crippen LogP contribution in [0.1, 0.15) is 18.7 Å². The molecule has 0 unspecified atom stereocenters. The molecule has 2 aromatic rings. The number of fused-ring (bicyclic) bond motifs is 1. The molecule has 7 nitrogen and oxygen atoms in total. The van der Waals surface area contributed by atoms with Gasteiger partial charge in [-0.2, -0.15) is 0 Å². The Hall–Kier alpha value is -1.99. The van der Waals surface area contributed by atoms with Gasteiger partial charge < -0.3 is 15.8 Å². The molecule has 0 radical (unpaired) electrons. The van der Waals surface area contributed by atoms with E-state index in [1.807, 2.05) is 28.8 Å². The number of carbonyl (C=O) groups excluding carboxylic acids is 1. The van der Waals surface area contributed by atoms with Crippen molar-refractivity contribution in [3.05, 3.63) is 30.2 Å². The molecule has 0 saturated carbocycles. The molecule has 21 heavy (non-hydrogen) atoms. The molecule has 0 atom stereocenters. The average molecular weight is 289 g/mol. The van der Waals surface area contributed by atoms with E-state index in [9.17, 15) is 4.79 Å². The Bertz CT molecular complexity index is 633. The quantitative estimate of drug-likeness (QED) is 0.819. The van der Waals surface area contributed by atoms with Crippen LogP contribution in [0.3, 0.4) is 0 Å². The molecule has 7 heteroatoms. The van der Waals surface area contributed by atoms with E-state index in [-0.39, 0.29) is 5.91 Å². The van der Waals surface area contributed by atoms with E-state index in [2.05, 4.69) is 15.5 Å². The fourth-order valence-corrected chi connectivity index (χ4v) is 2.49. The zero-order valence-corrected chi connectivity index (χ0v) is 11.8. The maximum atomic E-state index is 12.2.